The lowest BCUT2D eigenvalue weighted by Gasteiger charge is -2.19. The number of ether oxygens (including phenoxy) is 2. The molecule has 0 radical (unpaired) electrons. The van der Waals surface area contributed by atoms with Crippen molar-refractivity contribution in [3.8, 4) is 34.3 Å². The van der Waals surface area contributed by atoms with E-state index in [1.54, 1.807) is 30.3 Å². The molecule has 4 aromatic rings. The van der Waals surface area contributed by atoms with E-state index in [0.29, 0.717) is 37.5 Å². The minimum absolute atomic E-state index is 0.0240. The molecule has 4 nitrogen and oxygen atoms in total. The summed E-state index contributed by atoms with van der Waals surface area (Å²) < 4.78 is 38.7. The van der Waals surface area contributed by atoms with Gasteiger partial charge in [-0.25, -0.2) is 8.78 Å². The lowest BCUT2D eigenvalue weighted by molar-refractivity contribution is 0.223. The summed E-state index contributed by atoms with van der Waals surface area (Å²) in [4.78, 5) is 9.09. The van der Waals surface area contributed by atoms with Gasteiger partial charge in [0.25, 0.3) is 0 Å². The van der Waals surface area contributed by atoms with Crippen LogP contribution in [-0.2, 0) is 6.61 Å². The minimum atomic E-state index is -0.970. The van der Waals surface area contributed by atoms with Crippen LogP contribution in [0.25, 0.3) is 22.4 Å². The number of aromatic nitrogens is 2. The molecule has 0 spiro atoms. The molecule has 9 heteroatoms. The zero-order valence-corrected chi connectivity index (χ0v) is 20.9. The molecule has 1 heterocycles. The van der Waals surface area contributed by atoms with E-state index < -0.39 is 11.6 Å². The highest BCUT2D eigenvalue weighted by atomic mass is 35.5. The summed E-state index contributed by atoms with van der Waals surface area (Å²) in [7, 11) is 0. The van der Waals surface area contributed by atoms with Crippen molar-refractivity contribution in [1.82, 2.24) is 9.97 Å². The van der Waals surface area contributed by atoms with Gasteiger partial charge in [-0.3, -0.25) is 0 Å². The largest absolute Gasteiger partial charge is 0.474 e. The minimum Gasteiger partial charge on any atom is -0.474 e. The molecule has 0 saturated heterocycles. The van der Waals surface area contributed by atoms with Crippen LogP contribution in [-0.4, -0.2) is 16.1 Å². The molecule has 0 aliphatic rings. The van der Waals surface area contributed by atoms with Gasteiger partial charge in [0.1, 0.15) is 6.61 Å². The summed E-state index contributed by atoms with van der Waals surface area (Å²) in [5, 5.41) is 1.40. The van der Waals surface area contributed by atoms with Crippen LogP contribution in [0.1, 0.15) is 19.4 Å². The van der Waals surface area contributed by atoms with Gasteiger partial charge < -0.3 is 9.47 Å². The van der Waals surface area contributed by atoms with E-state index in [1.807, 2.05) is 26.0 Å². The van der Waals surface area contributed by atoms with Crippen LogP contribution in [0.2, 0.25) is 15.1 Å². The maximum atomic E-state index is 13.6. The van der Waals surface area contributed by atoms with Gasteiger partial charge in [-0.1, -0.05) is 53.0 Å². The van der Waals surface area contributed by atoms with Crippen molar-refractivity contribution in [2.75, 3.05) is 0 Å². The predicted molar refractivity (Wildman–Crippen MR) is 134 cm³/mol. The monoisotopic (exact) mass is 534 g/mol. The summed E-state index contributed by atoms with van der Waals surface area (Å²) in [5.74, 6) is -1.65. The molecule has 3 aromatic carbocycles. The zero-order valence-electron chi connectivity index (χ0n) is 18.7. The number of benzene rings is 3. The first-order chi connectivity index (χ1) is 16.7. The van der Waals surface area contributed by atoms with Crippen molar-refractivity contribution >= 4 is 34.8 Å². The Labute approximate surface area is 216 Å². The van der Waals surface area contributed by atoms with Crippen LogP contribution in [0.15, 0.2) is 60.7 Å². The van der Waals surface area contributed by atoms with Crippen molar-refractivity contribution in [1.29, 1.82) is 0 Å². The molecule has 0 saturated carbocycles. The number of hydrogen-bond donors (Lipinski definition) is 0. The van der Waals surface area contributed by atoms with E-state index in [1.165, 1.54) is 6.07 Å². The molecule has 0 fully saturated rings. The molecular weight excluding hydrogens is 517 g/mol. The maximum Gasteiger partial charge on any atom is 0.320 e. The molecule has 0 unspecified atom stereocenters. The highest BCUT2D eigenvalue weighted by molar-refractivity contribution is 6.36. The second kappa shape index (κ2) is 10.8. The third-order valence-corrected chi connectivity index (χ3v) is 5.67. The number of nitrogens with zero attached hydrogens (tertiary/aromatic N) is 2. The SMILES string of the molecule is CC(C)Oc1nc(OCc2ccc(F)c(F)c2)nc(-c2ccc(Cl)cc2Cl)c1-c1ccc(Cl)cc1. The fourth-order valence-corrected chi connectivity index (χ4v) is 3.95. The average molecular weight is 536 g/mol. The van der Waals surface area contributed by atoms with Gasteiger partial charge in [0, 0.05) is 15.6 Å². The topological polar surface area (TPSA) is 44.2 Å². The molecule has 0 N–H and O–H groups in total. The van der Waals surface area contributed by atoms with E-state index in [0.717, 1.165) is 17.7 Å². The Balaban J connectivity index is 1.86. The predicted octanol–water partition coefficient (Wildman–Crippen LogP) is 8.42. The Morgan fingerprint density at radius 3 is 2.20 bits per heavy atom. The van der Waals surface area contributed by atoms with Gasteiger partial charge in [0.05, 0.1) is 22.4 Å². The zero-order chi connectivity index (χ0) is 25.1. The van der Waals surface area contributed by atoms with Gasteiger partial charge in [0.15, 0.2) is 11.6 Å². The van der Waals surface area contributed by atoms with Crippen molar-refractivity contribution in [3.63, 3.8) is 0 Å². The van der Waals surface area contributed by atoms with Crippen LogP contribution < -0.4 is 9.47 Å². The third-order valence-electron chi connectivity index (χ3n) is 4.87. The van der Waals surface area contributed by atoms with Gasteiger partial charge in [-0.05, 0) is 67.4 Å². The Morgan fingerprint density at radius 1 is 0.829 bits per heavy atom. The maximum absolute atomic E-state index is 13.6. The molecule has 1 aromatic heterocycles. The lowest BCUT2D eigenvalue weighted by atomic mass is 10.00. The second-order valence-electron chi connectivity index (χ2n) is 7.87. The molecule has 0 amide bonds. The highest BCUT2D eigenvalue weighted by Crippen LogP contribution is 2.42. The summed E-state index contributed by atoms with van der Waals surface area (Å²) in [6.45, 7) is 3.64. The summed E-state index contributed by atoms with van der Waals surface area (Å²) in [5.41, 5.74) is 2.76. The molecule has 180 valence electrons. The van der Waals surface area contributed by atoms with E-state index in [-0.39, 0.29) is 24.6 Å². The molecule has 0 aliphatic carbocycles. The number of halogens is 5. The van der Waals surface area contributed by atoms with Gasteiger partial charge >= 0.3 is 6.01 Å². The lowest BCUT2D eigenvalue weighted by Crippen LogP contribution is -2.11. The van der Waals surface area contributed by atoms with Crippen LogP contribution >= 0.6 is 34.8 Å². The summed E-state index contributed by atoms with van der Waals surface area (Å²) in [6, 6.07) is 15.7. The van der Waals surface area contributed by atoms with Gasteiger partial charge in [-0.2, -0.15) is 9.97 Å². The van der Waals surface area contributed by atoms with Crippen LogP contribution in [0.5, 0.6) is 11.9 Å². The molecule has 0 atom stereocenters. The van der Waals surface area contributed by atoms with E-state index in [2.05, 4.69) is 9.97 Å². The van der Waals surface area contributed by atoms with Crippen molar-refractivity contribution < 1.29 is 18.3 Å². The Morgan fingerprint density at radius 2 is 1.54 bits per heavy atom. The van der Waals surface area contributed by atoms with Crippen LogP contribution in [0, 0.1) is 11.6 Å². The fraction of sp³-hybridized carbons (Fsp3) is 0.154. The van der Waals surface area contributed by atoms with E-state index in [4.69, 9.17) is 44.3 Å². The van der Waals surface area contributed by atoms with Crippen molar-refractivity contribution in [3.05, 3.63) is 92.9 Å². The number of hydrogen-bond acceptors (Lipinski definition) is 4. The summed E-state index contributed by atoms with van der Waals surface area (Å²) in [6.07, 6.45) is -0.219. The van der Waals surface area contributed by atoms with E-state index in [9.17, 15) is 8.78 Å². The number of rotatable bonds is 7. The van der Waals surface area contributed by atoms with Gasteiger partial charge in [0.2, 0.25) is 5.88 Å². The van der Waals surface area contributed by atoms with Crippen molar-refractivity contribution in [2.24, 2.45) is 0 Å². The highest BCUT2D eigenvalue weighted by Gasteiger charge is 2.22. The van der Waals surface area contributed by atoms with Crippen LogP contribution in [0.3, 0.4) is 0 Å². The molecule has 0 aliphatic heterocycles. The van der Waals surface area contributed by atoms with Crippen LogP contribution in [0.4, 0.5) is 8.78 Å². The Hall–Kier alpha value is -2.93. The summed E-state index contributed by atoms with van der Waals surface area (Å²) >= 11 is 18.8. The average Bonchev–Trinajstić information content (AvgIpc) is 2.80. The fourth-order valence-electron chi connectivity index (χ4n) is 3.32. The first-order valence-corrected chi connectivity index (χ1v) is 11.7. The Kier molecular flexibility index (Phi) is 7.75. The second-order valence-corrected chi connectivity index (χ2v) is 9.15. The molecular formula is C26H19Cl3F2N2O2. The molecule has 4 rings (SSSR count). The quantitative estimate of drug-likeness (QED) is 0.238. The van der Waals surface area contributed by atoms with Crippen molar-refractivity contribution in [2.45, 2.75) is 26.6 Å². The normalized spacial score (nSPS) is 11.1. The third kappa shape index (κ3) is 6.01. The first kappa shape index (κ1) is 25.2. The van der Waals surface area contributed by atoms with E-state index >= 15 is 0 Å². The standard InChI is InChI=1S/C26H19Cl3F2N2O2/c1-14(2)35-25-23(16-4-6-17(27)7-5-16)24(19-9-8-18(28)12-20(19)29)32-26(33-25)34-13-15-3-10-21(30)22(31)11-15/h3-12,14H,13H2,1-2H3. The molecule has 35 heavy (non-hydrogen) atoms. The smallest absolute Gasteiger partial charge is 0.320 e. The first-order valence-electron chi connectivity index (χ1n) is 10.6. The van der Waals surface area contributed by atoms with Gasteiger partial charge in [-0.15, -0.1) is 0 Å². The molecule has 0 bridgehead atoms. The Bertz CT molecular complexity index is 1370.